The zero-order valence-electron chi connectivity index (χ0n) is 20.6. The van der Waals surface area contributed by atoms with Crippen molar-refractivity contribution >= 4 is 21.6 Å². The summed E-state index contributed by atoms with van der Waals surface area (Å²) in [6.45, 7) is 3.20. The molecule has 0 saturated carbocycles. The molecule has 1 aliphatic heterocycles. The number of nitrogens with zero attached hydrogens (tertiary/aromatic N) is 2. The summed E-state index contributed by atoms with van der Waals surface area (Å²) in [5.41, 5.74) is 3.08. The van der Waals surface area contributed by atoms with Gasteiger partial charge in [-0.05, 0) is 48.2 Å². The van der Waals surface area contributed by atoms with E-state index in [1.807, 2.05) is 59.5 Å². The molecule has 1 N–H and O–H groups in total. The highest BCUT2D eigenvalue weighted by atomic mass is 32.2. The molecule has 3 aromatic carbocycles. The van der Waals surface area contributed by atoms with Crippen molar-refractivity contribution in [1.29, 1.82) is 0 Å². The smallest absolute Gasteiger partial charge is 0.240 e. The first-order valence-electron chi connectivity index (χ1n) is 12.2. The molecule has 1 heterocycles. The highest BCUT2D eigenvalue weighted by Crippen LogP contribution is 2.28. The van der Waals surface area contributed by atoms with Crippen LogP contribution in [0.25, 0.3) is 0 Å². The van der Waals surface area contributed by atoms with E-state index in [1.165, 1.54) is 0 Å². The molecule has 1 amide bonds. The monoisotopic (exact) mass is 507 g/mol. The van der Waals surface area contributed by atoms with Crippen LogP contribution < -0.4 is 14.4 Å². The summed E-state index contributed by atoms with van der Waals surface area (Å²) in [5.74, 6) is 0.961. The third-order valence-corrected chi connectivity index (χ3v) is 7.94. The van der Waals surface area contributed by atoms with Crippen LogP contribution in [0.1, 0.15) is 17.5 Å². The van der Waals surface area contributed by atoms with Crippen LogP contribution in [0.4, 0.5) is 5.69 Å². The van der Waals surface area contributed by atoms with E-state index < -0.39 is 10.0 Å². The molecule has 4 rings (SSSR count). The molecule has 0 atom stereocenters. The molecule has 0 spiro atoms. The van der Waals surface area contributed by atoms with Gasteiger partial charge in [0.2, 0.25) is 15.9 Å². The average Bonchev–Trinajstić information content (AvgIpc) is 2.92. The number of amides is 1. The number of para-hydroxylation sites is 2. The summed E-state index contributed by atoms with van der Waals surface area (Å²) >= 11 is 0. The fraction of sp³-hybridized carbons (Fsp3) is 0.321. The number of benzene rings is 3. The quantitative estimate of drug-likeness (QED) is 0.455. The van der Waals surface area contributed by atoms with E-state index in [-0.39, 0.29) is 10.8 Å². The van der Waals surface area contributed by atoms with Gasteiger partial charge < -0.3 is 14.5 Å². The maximum Gasteiger partial charge on any atom is 0.240 e. The van der Waals surface area contributed by atoms with Gasteiger partial charge in [-0.3, -0.25) is 4.79 Å². The fourth-order valence-corrected chi connectivity index (χ4v) is 5.42. The maximum atomic E-state index is 12.8. The molecule has 3 aromatic rings. The predicted octanol–water partition coefficient (Wildman–Crippen LogP) is 3.50. The van der Waals surface area contributed by atoms with Crippen LogP contribution in [0.15, 0.2) is 83.8 Å². The van der Waals surface area contributed by atoms with Gasteiger partial charge in [0.1, 0.15) is 5.75 Å². The van der Waals surface area contributed by atoms with Gasteiger partial charge in [0.05, 0.1) is 17.7 Å². The Morgan fingerprint density at radius 2 is 1.47 bits per heavy atom. The zero-order chi connectivity index (χ0) is 25.4. The normalized spacial score (nSPS) is 14.0. The Morgan fingerprint density at radius 1 is 0.833 bits per heavy atom. The van der Waals surface area contributed by atoms with E-state index in [1.54, 1.807) is 31.4 Å². The number of sulfonamides is 1. The second-order valence-electron chi connectivity index (χ2n) is 8.82. The first-order chi connectivity index (χ1) is 17.5. The fourth-order valence-electron chi connectivity index (χ4n) is 4.39. The first kappa shape index (κ1) is 25.7. The first-order valence-corrected chi connectivity index (χ1v) is 13.7. The van der Waals surface area contributed by atoms with E-state index in [0.717, 1.165) is 35.7 Å². The van der Waals surface area contributed by atoms with Crippen LogP contribution in [0, 0.1) is 0 Å². The lowest BCUT2D eigenvalue weighted by Gasteiger charge is -2.36. The SMILES string of the molecule is COc1ccccc1N1CCN(C(=O)CCc2ccc(S(=O)(=O)NCCc3ccccc3)cc2)CC1. The third kappa shape index (κ3) is 6.65. The molecular formula is C28H33N3O4S. The molecule has 8 heteroatoms. The molecule has 1 fully saturated rings. The topological polar surface area (TPSA) is 79.0 Å². The molecule has 7 nitrogen and oxygen atoms in total. The van der Waals surface area contributed by atoms with Gasteiger partial charge in [-0.2, -0.15) is 0 Å². The number of piperazine rings is 1. The van der Waals surface area contributed by atoms with Crippen LogP contribution in [0.2, 0.25) is 0 Å². The van der Waals surface area contributed by atoms with Crippen molar-refractivity contribution in [2.45, 2.75) is 24.2 Å². The van der Waals surface area contributed by atoms with E-state index in [4.69, 9.17) is 4.74 Å². The van der Waals surface area contributed by atoms with Gasteiger partial charge >= 0.3 is 0 Å². The van der Waals surface area contributed by atoms with Crippen molar-refractivity contribution in [3.63, 3.8) is 0 Å². The Balaban J connectivity index is 1.23. The molecule has 0 aromatic heterocycles. The van der Waals surface area contributed by atoms with E-state index in [2.05, 4.69) is 9.62 Å². The number of carbonyl (C=O) groups excluding carboxylic acids is 1. The van der Waals surface area contributed by atoms with Crippen molar-refractivity contribution in [1.82, 2.24) is 9.62 Å². The molecule has 0 radical (unpaired) electrons. The molecular weight excluding hydrogens is 474 g/mol. The van der Waals surface area contributed by atoms with Gasteiger partial charge in [0.25, 0.3) is 0 Å². The minimum absolute atomic E-state index is 0.119. The van der Waals surface area contributed by atoms with Crippen LogP contribution >= 0.6 is 0 Å². The van der Waals surface area contributed by atoms with Gasteiger partial charge in [-0.1, -0.05) is 54.6 Å². The van der Waals surface area contributed by atoms with Crippen LogP contribution in [0.3, 0.4) is 0 Å². The Hall–Kier alpha value is -3.36. The number of carbonyl (C=O) groups is 1. The van der Waals surface area contributed by atoms with E-state index in [0.29, 0.717) is 38.9 Å². The standard InChI is InChI=1S/C28H33N3O4S/c1-35-27-10-6-5-9-26(27)30-19-21-31(22-20-30)28(32)16-13-24-11-14-25(15-12-24)36(33,34)29-18-17-23-7-3-2-4-8-23/h2-12,14-15,29H,13,16-22H2,1H3. The van der Waals surface area contributed by atoms with Crippen molar-refractivity contribution in [2.75, 3.05) is 44.7 Å². The third-order valence-electron chi connectivity index (χ3n) is 6.47. The Labute approximate surface area is 213 Å². The number of anilines is 1. The highest BCUT2D eigenvalue weighted by Gasteiger charge is 2.22. The summed E-state index contributed by atoms with van der Waals surface area (Å²) in [6, 6.07) is 24.5. The van der Waals surface area contributed by atoms with Gasteiger partial charge in [0, 0.05) is 39.1 Å². The number of rotatable bonds is 10. The summed E-state index contributed by atoms with van der Waals surface area (Å²) in [4.78, 5) is 17.2. The lowest BCUT2D eigenvalue weighted by atomic mass is 10.1. The van der Waals surface area contributed by atoms with Gasteiger partial charge in [-0.25, -0.2) is 13.1 Å². The lowest BCUT2D eigenvalue weighted by Crippen LogP contribution is -2.48. The molecule has 0 bridgehead atoms. The van der Waals surface area contributed by atoms with Gasteiger partial charge in [-0.15, -0.1) is 0 Å². The largest absolute Gasteiger partial charge is 0.495 e. The summed E-state index contributed by atoms with van der Waals surface area (Å²) in [5, 5.41) is 0. The molecule has 36 heavy (non-hydrogen) atoms. The van der Waals surface area contributed by atoms with E-state index in [9.17, 15) is 13.2 Å². The maximum absolute atomic E-state index is 12.8. The molecule has 0 unspecified atom stereocenters. The molecule has 1 aliphatic rings. The number of ether oxygens (including phenoxy) is 1. The summed E-state index contributed by atoms with van der Waals surface area (Å²) in [7, 11) is -1.90. The van der Waals surface area contributed by atoms with Crippen molar-refractivity contribution in [2.24, 2.45) is 0 Å². The number of hydrogen-bond donors (Lipinski definition) is 1. The average molecular weight is 508 g/mol. The van der Waals surface area contributed by atoms with Crippen LogP contribution in [0.5, 0.6) is 5.75 Å². The van der Waals surface area contributed by atoms with Crippen molar-refractivity contribution in [3.05, 3.63) is 90.0 Å². The van der Waals surface area contributed by atoms with Gasteiger partial charge in [0.15, 0.2) is 0 Å². The second kappa shape index (κ2) is 12.1. The number of nitrogens with one attached hydrogen (secondary N) is 1. The van der Waals surface area contributed by atoms with E-state index >= 15 is 0 Å². The van der Waals surface area contributed by atoms with Crippen LogP contribution in [-0.2, 0) is 27.7 Å². The molecule has 1 saturated heterocycles. The highest BCUT2D eigenvalue weighted by molar-refractivity contribution is 7.89. The second-order valence-corrected chi connectivity index (χ2v) is 10.6. The number of methoxy groups -OCH3 is 1. The van der Waals surface area contributed by atoms with Crippen LogP contribution in [-0.4, -0.2) is 59.1 Å². The zero-order valence-corrected chi connectivity index (χ0v) is 21.4. The summed E-state index contributed by atoms with van der Waals surface area (Å²) < 4.78 is 33.3. The number of hydrogen-bond acceptors (Lipinski definition) is 5. The van der Waals surface area contributed by atoms with Crippen molar-refractivity contribution in [3.8, 4) is 5.75 Å². The minimum Gasteiger partial charge on any atom is -0.495 e. The van der Waals surface area contributed by atoms with Crippen molar-refractivity contribution < 1.29 is 17.9 Å². The predicted molar refractivity (Wildman–Crippen MR) is 142 cm³/mol. The Morgan fingerprint density at radius 3 is 2.17 bits per heavy atom. The number of aryl methyl sites for hydroxylation is 1. The molecule has 190 valence electrons. The summed E-state index contributed by atoms with van der Waals surface area (Å²) in [6.07, 6.45) is 1.61. The Kier molecular flexibility index (Phi) is 8.61. The molecule has 0 aliphatic carbocycles. The Bertz CT molecular complexity index is 1240. The lowest BCUT2D eigenvalue weighted by molar-refractivity contribution is -0.131. The minimum atomic E-state index is -3.57.